The van der Waals surface area contributed by atoms with Gasteiger partial charge < -0.3 is 16.2 Å². The average Bonchev–Trinajstić information content (AvgIpc) is 2.41. The quantitative estimate of drug-likeness (QED) is 0.740. The number of anilines is 2. The number of rotatable bonds is 3. The van der Waals surface area contributed by atoms with Gasteiger partial charge in [0.05, 0.1) is 11.3 Å². The van der Waals surface area contributed by atoms with Crippen LogP contribution in [-0.4, -0.2) is 17.0 Å². The summed E-state index contributed by atoms with van der Waals surface area (Å²) in [6.07, 6.45) is 0. The van der Waals surface area contributed by atoms with Crippen molar-refractivity contribution in [2.75, 3.05) is 11.1 Å². The van der Waals surface area contributed by atoms with Gasteiger partial charge in [0.2, 0.25) is 0 Å². The minimum absolute atomic E-state index is 0.117. The highest BCUT2D eigenvalue weighted by Gasteiger charge is 2.15. The second-order valence-electron chi connectivity index (χ2n) is 4.19. The van der Waals surface area contributed by atoms with E-state index in [9.17, 15) is 14.0 Å². The number of carbonyl (C=O) groups is 2. The molecule has 0 aliphatic carbocycles. The Morgan fingerprint density at radius 2 is 1.90 bits per heavy atom. The summed E-state index contributed by atoms with van der Waals surface area (Å²) in [7, 11) is 0. The van der Waals surface area contributed by atoms with Crippen LogP contribution in [0.2, 0.25) is 0 Å². The second-order valence-corrected chi connectivity index (χ2v) is 5.04. The van der Waals surface area contributed by atoms with E-state index in [-0.39, 0.29) is 16.8 Å². The molecule has 21 heavy (non-hydrogen) atoms. The van der Waals surface area contributed by atoms with Gasteiger partial charge in [-0.3, -0.25) is 4.79 Å². The van der Waals surface area contributed by atoms with E-state index in [4.69, 9.17) is 10.8 Å². The van der Waals surface area contributed by atoms with Crippen molar-refractivity contribution >= 4 is 39.2 Å². The summed E-state index contributed by atoms with van der Waals surface area (Å²) in [4.78, 5) is 23.1. The fourth-order valence-corrected chi connectivity index (χ4v) is 1.93. The van der Waals surface area contributed by atoms with Crippen molar-refractivity contribution in [3.8, 4) is 0 Å². The summed E-state index contributed by atoms with van der Waals surface area (Å²) in [5.74, 6) is -2.49. The van der Waals surface area contributed by atoms with Crippen LogP contribution in [0, 0.1) is 5.82 Å². The van der Waals surface area contributed by atoms with Gasteiger partial charge >= 0.3 is 5.97 Å². The SMILES string of the molecule is Nc1cc(C(=O)Nc2cc(F)ccc2C(=O)O)ccc1Br. The number of benzene rings is 2. The lowest BCUT2D eigenvalue weighted by Gasteiger charge is -2.09. The van der Waals surface area contributed by atoms with Crippen molar-refractivity contribution < 1.29 is 19.1 Å². The zero-order chi connectivity index (χ0) is 15.6. The van der Waals surface area contributed by atoms with Crippen molar-refractivity contribution in [1.29, 1.82) is 0 Å². The van der Waals surface area contributed by atoms with Gasteiger partial charge in [0.25, 0.3) is 5.91 Å². The van der Waals surface area contributed by atoms with Crippen LogP contribution in [0.15, 0.2) is 40.9 Å². The first kappa shape index (κ1) is 15.0. The van der Waals surface area contributed by atoms with Crippen LogP contribution in [0.4, 0.5) is 15.8 Å². The summed E-state index contributed by atoms with van der Waals surface area (Å²) >= 11 is 3.20. The molecule has 0 unspecified atom stereocenters. The lowest BCUT2D eigenvalue weighted by Crippen LogP contribution is -2.15. The number of nitrogens with one attached hydrogen (secondary N) is 1. The Balaban J connectivity index is 2.33. The zero-order valence-electron chi connectivity index (χ0n) is 10.6. The molecule has 0 radical (unpaired) electrons. The Morgan fingerprint density at radius 3 is 2.52 bits per heavy atom. The van der Waals surface area contributed by atoms with Gasteiger partial charge in [-0.1, -0.05) is 0 Å². The molecule has 1 amide bonds. The molecule has 2 aromatic rings. The van der Waals surface area contributed by atoms with E-state index < -0.39 is 17.7 Å². The summed E-state index contributed by atoms with van der Waals surface area (Å²) < 4.78 is 13.8. The molecule has 2 aromatic carbocycles. The van der Waals surface area contributed by atoms with E-state index in [0.717, 1.165) is 18.2 Å². The molecule has 0 heterocycles. The molecule has 4 N–H and O–H groups in total. The van der Waals surface area contributed by atoms with Gasteiger partial charge in [0.15, 0.2) is 0 Å². The molecule has 2 rings (SSSR count). The number of halogens is 2. The fraction of sp³-hybridized carbons (Fsp3) is 0. The maximum absolute atomic E-state index is 13.2. The first-order valence-electron chi connectivity index (χ1n) is 5.77. The normalized spacial score (nSPS) is 10.2. The molecule has 0 saturated heterocycles. The van der Waals surface area contributed by atoms with Gasteiger partial charge in [0.1, 0.15) is 5.82 Å². The van der Waals surface area contributed by atoms with E-state index in [1.54, 1.807) is 6.07 Å². The molecular formula is C14H10BrFN2O3. The largest absolute Gasteiger partial charge is 0.478 e. The molecule has 0 aromatic heterocycles. The maximum atomic E-state index is 13.2. The highest BCUT2D eigenvalue weighted by Crippen LogP contribution is 2.22. The van der Waals surface area contributed by atoms with Gasteiger partial charge in [-0.2, -0.15) is 0 Å². The van der Waals surface area contributed by atoms with Gasteiger partial charge in [0, 0.05) is 15.7 Å². The van der Waals surface area contributed by atoms with Crippen LogP contribution in [0.1, 0.15) is 20.7 Å². The topological polar surface area (TPSA) is 92.4 Å². The second kappa shape index (κ2) is 5.92. The lowest BCUT2D eigenvalue weighted by atomic mass is 10.1. The molecule has 0 saturated carbocycles. The summed E-state index contributed by atoms with van der Waals surface area (Å²) in [5, 5.41) is 11.4. The molecule has 0 fully saturated rings. The molecule has 108 valence electrons. The van der Waals surface area contributed by atoms with Crippen molar-refractivity contribution in [3.05, 3.63) is 57.8 Å². The summed E-state index contributed by atoms with van der Waals surface area (Å²) in [6, 6.07) is 7.58. The predicted molar refractivity (Wildman–Crippen MR) is 79.9 cm³/mol. The molecule has 5 nitrogen and oxygen atoms in total. The minimum Gasteiger partial charge on any atom is -0.478 e. The molecule has 0 aliphatic heterocycles. The highest BCUT2D eigenvalue weighted by molar-refractivity contribution is 9.10. The third kappa shape index (κ3) is 3.38. The maximum Gasteiger partial charge on any atom is 0.337 e. The first-order chi connectivity index (χ1) is 9.88. The Kier molecular flexibility index (Phi) is 4.23. The Hall–Kier alpha value is -2.41. The number of nitrogens with two attached hydrogens (primary N) is 1. The lowest BCUT2D eigenvalue weighted by molar-refractivity contribution is 0.0698. The Morgan fingerprint density at radius 1 is 1.19 bits per heavy atom. The van der Waals surface area contributed by atoms with Crippen LogP contribution >= 0.6 is 15.9 Å². The van der Waals surface area contributed by atoms with Crippen molar-refractivity contribution in [3.63, 3.8) is 0 Å². The van der Waals surface area contributed by atoms with Crippen LogP contribution in [0.3, 0.4) is 0 Å². The fourth-order valence-electron chi connectivity index (χ4n) is 1.69. The van der Waals surface area contributed by atoms with Crippen LogP contribution in [0.5, 0.6) is 0 Å². The van der Waals surface area contributed by atoms with Crippen LogP contribution in [0.25, 0.3) is 0 Å². The standard InChI is InChI=1S/C14H10BrFN2O3/c15-10-4-1-7(5-11(10)17)13(19)18-12-6-8(16)2-3-9(12)14(20)21/h1-6H,17H2,(H,18,19)(H,20,21). The number of hydrogen-bond donors (Lipinski definition) is 3. The average molecular weight is 353 g/mol. The van der Waals surface area contributed by atoms with Crippen molar-refractivity contribution in [2.24, 2.45) is 0 Å². The number of carboxylic acids is 1. The van der Waals surface area contributed by atoms with E-state index in [0.29, 0.717) is 10.2 Å². The highest BCUT2D eigenvalue weighted by atomic mass is 79.9. The molecular weight excluding hydrogens is 343 g/mol. The number of aromatic carboxylic acids is 1. The number of carbonyl (C=O) groups excluding carboxylic acids is 1. The Labute approximate surface area is 127 Å². The third-order valence-corrected chi connectivity index (χ3v) is 3.44. The number of hydrogen-bond acceptors (Lipinski definition) is 3. The summed E-state index contributed by atoms with van der Waals surface area (Å²) in [5.41, 5.74) is 5.95. The number of carboxylic acid groups (broad SMARTS) is 1. The molecule has 7 heteroatoms. The van der Waals surface area contributed by atoms with E-state index in [2.05, 4.69) is 21.2 Å². The van der Waals surface area contributed by atoms with Gasteiger partial charge in [-0.05, 0) is 52.3 Å². The molecule has 0 spiro atoms. The number of amides is 1. The van der Waals surface area contributed by atoms with E-state index >= 15 is 0 Å². The number of nitrogen functional groups attached to an aromatic ring is 1. The van der Waals surface area contributed by atoms with E-state index in [1.807, 2.05) is 0 Å². The third-order valence-electron chi connectivity index (χ3n) is 2.72. The molecule has 0 aliphatic rings. The van der Waals surface area contributed by atoms with Crippen LogP contribution in [-0.2, 0) is 0 Å². The van der Waals surface area contributed by atoms with Crippen molar-refractivity contribution in [1.82, 2.24) is 0 Å². The van der Waals surface area contributed by atoms with Gasteiger partial charge in [-0.25, -0.2) is 9.18 Å². The van der Waals surface area contributed by atoms with Crippen LogP contribution < -0.4 is 11.1 Å². The minimum atomic E-state index is -1.26. The molecule has 0 bridgehead atoms. The van der Waals surface area contributed by atoms with Gasteiger partial charge in [-0.15, -0.1) is 0 Å². The zero-order valence-corrected chi connectivity index (χ0v) is 12.1. The predicted octanol–water partition coefficient (Wildman–Crippen LogP) is 3.12. The summed E-state index contributed by atoms with van der Waals surface area (Å²) in [6.45, 7) is 0. The smallest absolute Gasteiger partial charge is 0.337 e. The monoisotopic (exact) mass is 352 g/mol. The Bertz CT molecular complexity index is 734. The first-order valence-corrected chi connectivity index (χ1v) is 6.57. The molecule has 0 atom stereocenters. The van der Waals surface area contributed by atoms with E-state index in [1.165, 1.54) is 12.1 Å². The van der Waals surface area contributed by atoms with Crippen molar-refractivity contribution in [2.45, 2.75) is 0 Å².